The van der Waals surface area contributed by atoms with Crippen LogP contribution in [-0.4, -0.2) is 33.9 Å². The first-order valence-corrected chi connectivity index (χ1v) is 7.67. The topological polar surface area (TPSA) is 68.8 Å². The zero-order valence-corrected chi connectivity index (χ0v) is 14.4. The molecule has 0 atom stereocenters. The monoisotopic (exact) mass is 348 g/mol. The molecule has 2 N–H and O–H groups in total. The van der Waals surface area contributed by atoms with E-state index in [1.165, 1.54) is 19.2 Å². The van der Waals surface area contributed by atoms with Crippen LogP contribution in [0, 0.1) is 5.82 Å². The van der Waals surface area contributed by atoms with E-state index >= 15 is 0 Å². The predicted molar refractivity (Wildman–Crippen MR) is 93.2 cm³/mol. The van der Waals surface area contributed by atoms with Gasteiger partial charge >= 0.3 is 6.03 Å². The molecule has 2 amide bonds. The zero-order valence-electron chi connectivity index (χ0n) is 14.4. The van der Waals surface area contributed by atoms with Crippen LogP contribution in [0.15, 0.2) is 36.4 Å². The number of hydrogen-bond acceptors (Lipinski definition) is 4. The Morgan fingerprint density at radius 1 is 1.04 bits per heavy atom. The molecule has 0 spiro atoms. The van der Waals surface area contributed by atoms with Crippen molar-refractivity contribution in [2.45, 2.75) is 6.42 Å². The molecule has 0 heterocycles. The first-order valence-electron chi connectivity index (χ1n) is 7.67. The van der Waals surface area contributed by atoms with Gasteiger partial charge in [-0.1, -0.05) is 12.1 Å². The molecule has 2 aromatic rings. The Hall–Kier alpha value is -2.96. The van der Waals surface area contributed by atoms with Gasteiger partial charge in [0.05, 0.1) is 27.0 Å². The fraction of sp³-hybridized carbons (Fsp3) is 0.278. The number of rotatable bonds is 7. The van der Waals surface area contributed by atoms with Crippen molar-refractivity contribution in [1.82, 2.24) is 5.32 Å². The van der Waals surface area contributed by atoms with Gasteiger partial charge in [-0.05, 0) is 36.2 Å². The Bertz CT molecular complexity index is 712. The summed E-state index contributed by atoms with van der Waals surface area (Å²) in [7, 11) is 4.62. The molecule has 0 aromatic heterocycles. The van der Waals surface area contributed by atoms with Gasteiger partial charge in [-0.25, -0.2) is 9.18 Å². The number of para-hydroxylation sites is 1. The van der Waals surface area contributed by atoms with Crippen molar-refractivity contribution in [3.8, 4) is 17.2 Å². The van der Waals surface area contributed by atoms with Gasteiger partial charge < -0.3 is 24.8 Å². The SMILES string of the molecule is COc1cc(CCNC(=O)Nc2ccccc2F)cc(OC)c1OC. The highest BCUT2D eigenvalue weighted by molar-refractivity contribution is 5.89. The maximum atomic E-state index is 13.5. The number of halogens is 1. The number of methoxy groups -OCH3 is 3. The van der Waals surface area contributed by atoms with Crippen LogP contribution >= 0.6 is 0 Å². The molecule has 25 heavy (non-hydrogen) atoms. The lowest BCUT2D eigenvalue weighted by atomic mass is 10.1. The van der Waals surface area contributed by atoms with Gasteiger partial charge in [-0.3, -0.25) is 0 Å². The van der Waals surface area contributed by atoms with Crippen LogP contribution in [0.3, 0.4) is 0 Å². The van der Waals surface area contributed by atoms with Crippen LogP contribution < -0.4 is 24.8 Å². The van der Waals surface area contributed by atoms with Crippen LogP contribution in [0.4, 0.5) is 14.9 Å². The third-order valence-electron chi connectivity index (χ3n) is 3.55. The highest BCUT2D eigenvalue weighted by atomic mass is 19.1. The van der Waals surface area contributed by atoms with Crippen molar-refractivity contribution in [2.75, 3.05) is 33.2 Å². The van der Waals surface area contributed by atoms with Gasteiger partial charge in [-0.15, -0.1) is 0 Å². The molecule has 0 saturated heterocycles. The third kappa shape index (κ3) is 4.76. The normalized spacial score (nSPS) is 10.1. The van der Waals surface area contributed by atoms with Gasteiger partial charge in [0, 0.05) is 6.54 Å². The fourth-order valence-electron chi connectivity index (χ4n) is 2.33. The molecular weight excluding hydrogens is 327 g/mol. The van der Waals surface area contributed by atoms with Crippen LogP contribution in [0.5, 0.6) is 17.2 Å². The van der Waals surface area contributed by atoms with E-state index in [0.29, 0.717) is 30.2 Å². The van der Waals surface area contributed by atoms with E-state index in [2.05, 4.69) is 10.6 Å². The first-order chi connectivity index (χ1) is 12.1. The van der Waals surface area contributed by atoms with Crippen LogP contribution in [-0.2, 0) is 6.42 Å². The van der Waals surface area contributed by atoms with Gasteiger partial charge in [0.1, 0.15) is 5.82 Å². The lowest BCUT2D eigenvalue weighted by molar-refractivity contribution is 0.252. The Kier molecular flexibility index (Phi) is 6.45. The Labute approximate surface area is 145 Å². The van der Waals surface area contributed by atoms with E-state index < -0.39 is 11.8 Å². The summed E-state index contributed by atoms with van der Waals surface area (Å²) in [6.45, 7) is 0.360. The second kappa shape index (κ2) is 8.77. The number of hydrogen-bond donors (Lipinski definition) is 2. The van der Waals surface area contributed by atoms with E-state index in [1.807, 2.05) is 12.1 Å². The predicted octanol–water partition coefficient (Wildman–Crippen LogP) is 3.22. The second-order valence-electron chi connectivity index (χ2n) is 5.14. The Morgan fingerprint density at radius 3 is 2.24 bits per heavy atom. The lowest BCUT2D eigenvalue weighted by Gasteiger charge is -2.14. The minimum Gasteiger partial charge on any atom is -0.493 e. The summed E-state index contributed by atoms with van der Waals surface area (Å²) >= 11 is 0. The average Bonchev–Trinajstić information content (AvgIpc) is 2.62. The number of carbonyl (C=O) groups is 1. The van der Waals surface area contributed by atoms with Crippen LogP contribution in [0.2, 0.25) is 0 Å². The second-order valence-corrected chi connectivity index (χ2v) is 5.14. The number of amides is 2. The largest absolute Gasteiger partial charge is 0.493 e. The molecule has 134 valence electrons. The number of urea groups is 1. The summed E-state index contributed by atoms with van der Waals surface area (Å²) < 4.78 is 29.3. The average molecular weight is 348 g/mol. The summed E-state index contributed by atoms with van der Waals surface area (Å²) in [5.41, 5.74) is 1.04. The van der Waals surface area contributed by atoms with E-state index in [4.69, 9.17) is 14.2 Å². The van der Waals surface area contributed by atoms with Crippen molar-refractivity contribution < 1.29 is 23.4 Å². The summed E-state index contributed by atoms with van der Waals surface area (Å²) in [6.07, 6.45) is 0.543. The Balaban J connectivity index is 1.95. The summed E-state index contributed by atoms with van der Waals surface area (Å²) in [5.74, 6) is 1.13. The summed E-state index contributed by atoms with van der Waals surface area (Å²) in [4.78, 5) is 11.8. The molecule has 0 radical (unpaired) electrons. The van der Waals surface area contributed by atoms with E-state index in [0.717, 1.165) is 5.56 Å². The standard InChI is InChI=1S/C18H21FN2O4/c1-23-15-10-12(11-16(24-2)17(15)25-3)8-9-20-18(22)21-14-7-5-4-6-13(14)19/h4-7,10-11H,8-9H2,1-3H3,(H2,20,21,22). The molecule has 0 aliphatic heterocycles. The molecule has 0 bridgehead atoms. The van der Waals surface area contributed by atoms with Gasteiger partial charge in [0.25, 0.3) is 0 Å². The quantitative estimate of drug-likeness (QED) is 0.806. The number of benzene rings is 2. The lowest BCUT2D eigenvalue weighted by Crippen LogP contribution is -2.30. The molecule has 0 fully saturated rings. The zero-order chi connectivity index (χ0) is 18.2. The van der Waals surface area contributed by atoms with Crippen LogP contribution in [0.25, 0.3) is 0 Å². The molecular formula is C18H21FN2O4. The Morgan fingerprint density at radius 2 is 1.68 bits per heavy atom. The summed E-state index contributed by atoms with van der Waals surface area (Å²) in [6, 6.07) is 9.14. The number of ether oxygens (including phenoxy) is 3. The molecule has 0 aliphatic rings. The van der Waals surface area contributed by atoms with E-state index in [-0.39, 0.29) is 5.69 Å². The van der Waals surface area contributed by atoms with Crippen molar-refractivity contribution in [3.63, 3.8) is 0 Å². The maximum absolute atomic E-state index is 13.5. The summed E-state index contributed by atoms with van der Waals surface area (Å²) in [5, 5.41) is 5.15. The van der Waals surface area contributed by atoms with Crippen molar-refractivity contribution in [1.29, 1.82) is 0 Å². The molecule has 7 heteroatoms. The minimum absolute atomic E-state index is 0.132. The van der Waals surface area contributed by atoms with Gasteiger partial charge in [0.2, 0.25) is 5.75 Å². The van der Waals surface area contributed by atoms with Crippen molar-refractivity contribution in [3.05, 3.63) is 47.8 Å². The number of nitrogens with one attached hydrogen (secondary N) is 2. The molecule has 2 rings (SSSR count). The van der Waals surface area contributed by atoms with Gasteiger partial charge in [0.15, 0.2) is 11.5 Å². The highest BCUT2D eigenvalue weighted by Gasteiger charge is 2.13. The third-order valence-corrected chi connectivity index (χ3v) is 3.55. The minimum atomic E-state index is -0.484. The van der Waals surface area contributed by atoms with Crippen molar-refractivity contribution >= 4 is 11.7 Å². The van der Waals surface area contributed by atoms with E-state index in [1.54, 1.807) is 26.4 Å². The molecule has 0 unspecified atom stereocenters. The maximum Gasteiger partial charge on any atom is 0.319 e. The van der Waals surface area contributed by atoms with E-state index in [9.17, 15) is 9.18 Å². The number of carbonyl (C=O) groups excluding carboxylic acids is 1. The molecule has 0 saturated carbocycles. The molecule has 6 nitrogen and oxygen atoms in total. The fourth-order valence-corrected chi connectivity index (χ4v) is 2.33. The van der Waals surface area contributed by atoms with Crippen LogP contribution in [0.1, 0.15) is 5.56 Å². The molecule has 0 aliphatic carbocycles. The molecule has 2 aromatic carbocycles. The smallest absolute Gasteiger partial charge is 0.319 e. The highest BCUT2D eigenvalue weighted by Crippen LogP contribution is 2.38. The number of anilines is 1. The van der Waals surface area contributed by atoms with Gasteiger partial charge in [-0.2, -0.15) is 0 Å². The first kappa shape index (κ1) is 18.4. The van der Waals surface area contributed by atoms with Crippen molar-refractivity contribution in [2.24, 2.45) is 0 Å².